The third kappa shape index (κ3) is 4.11. The first kappa shape index (κ1) is 19.8. The molecule has 2 N–H and O–H groups in total. The molecule has 1 amide bonds. The van der Waals surface area contributed by atoms with Gasteiger partial charge in [-0.15, -0.1) is 11.3 Å². The van der Waals surface area contributed by atoms with Crippen LogP contribution in [0, 0.1) is 0 Å². The van der Waals surface area contributed by atoms with E-state index in [0.717, 1.165) is 18.4 Å². The van der Waals surface area contributed by atoms with Crippen LogP contribution >= 0.6 is 11.3 Å². The molecule has 7 nitrogen and oxygen atoms in total. The number of sulfonamides is 1. The quantitative estimate of drug-likeness (QED) is 0.622. The van der Waals surface area contributed by atoms with E-state index in [9.17, 15) is 13.2 Å². The van der Waals surface area contributed by atoms with E-state index < -0.39 is 15.6 Å². The molecule has 1 aromatic heterocycles. The number of rotatable bonds is 8. The van der Waals surface area contributed by atoms with Crippen molar-refractivity contribution in [2.45, 2.75) is 43.4 Å². The van der Waals surface area contributed by atoms with E-state index in [1.165, 1.54) is 11.3 Å². The fourth-order valence-electron chi connectivity index (χ4n) is 3.09. The molecule has 2 aliphatic carbocycles. The highest BCUT2D eigenvalue weighted by atomic mass is 32.2. The molecule has 0 aliphatic heterocycles. The Kier molecular flexibility index (Phi) is 5.04. The van der Waals surface area contributed by atoms with Gasteiger partial charge in [-0.2, -0.15) is 0 Å². The fourth-order valence-corrected chi connectivity index (χ4v) is 5.50. The average Bonchev–Trinajstić information content (AvgIpc) is 3.61. The van der Waals surface area contributed by atoms with E-state index in [-0.39, 0.29) is 11.2 Å². The van der Waals surface area contributed by atoms with Gasteiger partial charge in [0.25, 0.3) is 5.91 Å². The van der Waals surface area contributed by atoms with Crippen LogP contribution in [0.25, 0.3) is 6.08 Å². The van der Waals surface area contributed by atoms with Crippen LogP contribution in [0.4, 0.5) is 10.8 Å². The van der Waals surface area contributed by atoms with Crippen LogP contribution in [-0.4, -0.2) is 30.8 Å². The number of carbonyl (C=O) groups is 1. The molecule has 29 heavy (non-hydrogen) atoms. The van der Waals surface area contributed by atoms with Crippen molar-refractivity contribution < 1.29 is 13.2 Å². The molecule has 0 unspecified atom stereocenters. The summed E-state index contributed by atoms with van der Waals surface area (Å²) in [5.41, 5.74) is 2.20. The molecule has 4 rings (SSSR count). The molecule has 0 radical (unpaired) electrons. The van der Waals surface area contributed by atoms with Crippen molar-refractivity contribution in [2.75, 3.05) is 4.72 Å². The largest absolute Gasteiger partial charge is 0.341 e. The smallest absolute Gasteiger partial charge is 0.252 e. The minimum absolute atomic E-state index is 0.209. The number of hydrogen-bond donors (Lipinski definition) is 2. The van der Waals surface area contributed by atoms with Crippen LogP contribution in [0.3, 0.4) is 0 Å². The van der Waals surface area contributed by atoms with Crippen molar-refractivity contribution >= 4 is 50.4 Å². The highest BCUT2D eigenvalue weighted by molar-refractivity contribution is 7.93. The van der Waals surface area contributed by atoms with Crippen molar-refractivity contribution in [1.29, 1.82) is 0 Å². The van der Waals surface area contributed by atoms with Crippen molar-refractivity contribution in [3.8, 4) is 0 Å². The number of amides is 1. The first-order chi connectivity index (χ1) is 13.9. The van der Waals surface area contributed by atoms with Gasteiger partial charge in [-0.3, -0.25) is 14.5 Å². The van der Waals surface area contributed by atoms with Crippen LogP contribution in [-0.2, 0) is 15.6 Å². The minimum Gasteiger partial charge on any atom is -0.341 e. The number of nitrogens with zero attached hydrogens (tertiary/aromatic N) is 2. The van der Waals surface area contributed by atoms with Crippen molar-refractivity contribution in [2.24, 2.45) is 4.99 Å². The van der Waals surface area contributed by atoms with Gasteiger partial charge in [-0.25, -0.2) is 13.4 Å². The van der Waals surface area contributed by atoms with Gasteiger partial charge in [0.15, 0.2) is 5.13 Å². The standard InChI is InChI=1S/C20H22N4O3S2/c1-3-13-5-6-14(11-16(13)21-4-2)18(25)23-20(9-10-20)17-12-28-19(22-17)24-29(26,27)15-7-8-15/h3-6,11-12,15H,1,7-10H2,2H3,(H,22,24)(H,23,25)/b21-4-. The molecule has 0 atom stereocenters. The van der Waals surface area contributed by atoms with Gasteiger partial charge >= 0.3 is 0 Å². The zero-order chi connectivity index (χ0) is 20.6. The third-order valence-corrected chi connectivity index (χ3v) is 7.78. The Morgan fingerprint density at radius 2 is 2.14 bits per heavy atom. The van der Waals surface area contributed by atoms with Gasteiger partial charge in [0.1, 0.15) is 0 Å². The summed E-state index contributed by atoms with van der Waals surface area (Å²) in [4.78, 5) is 21.6. The summed E-state index contributed by atoms with van der Waals surface area (Å²) in [6.45, 7) is 5.59. The summed E-state index contributed by atoms with van der Waals surface area (Å²) in [5, 5.41) is 4.93. The molecule has 2 saturated carbocycles. The lowest BCUT2D eigenvalue weighted by Gasteiger charge is -2.16. The van der Waals surface area contributed by atoms with Gasteiger partial charge in [-0.05, 0) is 50.3 Å². The molecular weight excluding hydrogens is 408 g/mol. The maximum absolute atomic E-state index is 12.8. The molecule has 0 spiro atoms. The van der Waals surface area contributed by atoms with Crippen LogP contribution in [0.15, 0.2) is 35.2 Å². The normalized spacial score (nSPS) is 17.8. The minimum atomic E-state index is -3.35. The van der Waals surface area contributed by atoms with E-state index in [1.807, 2.05) is 18.4 Å². The molecule has 9 heteroatoms. The number of hydrogen-bond acceptors (Lipinski definition) is 6. The Morgan fingerprint density at radius 1 is 1.38 bits per heavy atom. The number of aromatic nitrogens is 1. The summed E-state index contributed by atoms with van der Waals surface area (Å²) < 4.78 is 26.8. The SMILES string of the molecule is C=Cc1ccc(C(=O)NC2(c3csc(NS(=O)(=O)C4CC4)n3)CC2)cc1/N=C\C. The van der Waals surface area contributed by atoms with Gasteiger partial charge in [-0.1, -0.05) is 18.7 Å². The summed E-state index contributed by atoms with van der Waals surface area (Å²) in [7, 11) is -3.35. The Balaban J connectivity index is 1.50. The van der Waals surface area contributed by atoms with Crippen LogP contribution in [0.1, 0.15) is 54.2 Å². The maximum Gasteiger partial charge on any atom is 0.252 e. The summed E-state index contributed by atoms with van der Waals surface area (Å²) in [5.74, 6) is -0.209. The molecule has 1 heterocycles. The van der Waals surface area contributed by atoms with Gasteiger partial charge < -0.3 is 5.32 Å². The first-order valence-corrected chi connectivity index (χ1v) is 11.8. The molecule has 0 bridgehead atoms. The average molecular weight is 431 g/mol. The van der Waals surface area contributed by atoms with Gasteiger partial charge in [0, 0.05) is 17.2 Å². The van der Waals surface area contributed by atoms with Crippen LogP contribution in [0.2, 0.25) is 0 Å². The van der Waals surface area contributed by atoms with Gasteiger partial charge in [0.05, 0.1) is 22.2 Å². The second kappa shape index (κ2) is 7.38. The van der Waals surface area contributed by atoms with E-state index >= 15 is 0 Å². The molecule has 0 saturated heterocycles. The lowest BCUT2D eigenvalue weighted by Crippen LogP contribution is -2.35. The summed E-state index contributed by atoms with van der Waals surface area (Å²) in [6.07, 6.45) is 6.30. The van der Waals surface area contributed by atoms with Gasteiger partial charge in [0.2, 0.25) is 10.0 Å². The first-order valence-electron chi connectivity index (χ1n) is 9.42. The van der Waals surface area contributed by atoms with E-state index in [4.69, 9.17) is 0 Å². The number of nitrogens with one attached hydrogen (secondary N) is 2. The zero-order valence-electron chi connectivity index (χ0n) is 16.0. The Bertz CT molecular complexity index is 1100. The molecule has 2 aliphatic rings. The Labute approximate surface area is 174 Å². The fraction of sp³-hybridized carbons (Fsp3) is 0.350. The van der Waals surface area contributed by atoms with Crippen LogP contribution in [0.5, 0.6) is 0 Å². The molecule has 152 valence electrons. The van der Waals surface area contributed by atoms with E-state index in [2.05, 4.69) is 26.6 Å². The molecule has 1 aromatic carbocycles. The Morgan fingerprint density at radius 3 is 2.76 bits per heavy atom. The third-order valence-electron chi connectivity index (χ3n) is 5.07. The van der Waals surface area contributed by atoms with Crippen molar-refractivity contribution in [3.63, 3.8) is 0 Å². The van der Waals surface area contributed by atoms with Crippen LogP contribution < -0.4 is 10.0 Å². The van der Waals surface area contributed by atoms with E-state index in [1.54, 1.807) is 24.4 Å². The monoisotopic (exact) mass is 430 g/mol. The second-order valence-corrected chi connectivity index (χ2v) is 10.1. The topological polar surface area (TPSA) is 101 Å². The highest BCUT2D eigenvalue weighted by Crippen LogP contribution is 2.46. The number of benzene rings is 1. The summed E-state index contributed by atoms with van der Waals surface area (Å²) >= 11 is 1.24. The van der Waals surface area contributed by atoms with E-state index in [0.29, 0.717) is 34.9 Å². The lowest BCUT2D eigenvalue weighted by atomic mass is 10.1. The summed E-state index contributed by atoms with van der Waals surface area (Å²) in [6, 6.07) is 5.30. The number of thiazole rings is 1. The highest BCUT2D eigenvalue weighted by Gasteiger charge is 2.48. The molecular formula is C20H22N4O3S2. The van der Waals surface area contributed by atoms with Crippen molar-refractivity contribution in [3.05, 3.63) is 47.0 Å². The Hall–Kier alpha value is -2.52. The predicted molar refractivity (Wildman–Crippen MR) is 116 cm³/mol. The predicted octanol–water partition coefficient (Wildman–Crippen LogP) is 3.83. The molecule has 2 aromatic rings. The lowest BCUT2D eigenvalue weighted by molar-refractivity contribution is 0.0930. The zero-order valence-corrected chi connectivity index (χ0v) is 17.6. The van der Waals surface area contributed by atoms with Crippen molar-refractivity contribution in [1.82, 2.24) is 10.3 Å². The number of carbonyl (C=O) groups excluding carboxylic acids is 1. The maximum atomic E-state index is 12.8. The number of anilines is 1. The number of aliphatic imine (C=N–C) groups is 1. The molecule has 2 fully saturated rings. The second-order valence-electron chi connectivity index (χ2n) is 7.29.